The van der Waals surface area contributed by atoms with Crippen molar-refractivity contribution in [2.45, 2.75) is 13.3 Å². The van der Waals surface area contributed by atoms with E-state index in [0.717, 1.165) is 11.6 Å². The molecule has 5 nitrogen and oxygen atoms in total. The van der Waals surface area contributed by atoms with Crippen molar-refractivity contribution in [1.29, 1.82) is 0 Å². The van der Waals surface area contributed by atoms with Gasteiger partial charge in [0.2, 0.25) is 0 Å². The van der Waals surface area contributed by atoms with Crippen LogP contribution in [-0.4, -0.2) is 39.7 Å². The number of benzene rings is 1. The Bertz CT molecular complexity index is 581. The van der Waals surface area contributed by atoms with Crippen LogP contribution in [0, 0.1) is 6.92 Å². The van der Waals surface area contributed by atoms with Crippen LogP contribution in [0.25, 0.3) is 6.08 Å². The molecule has 1 rings (SSSR count). The Morgan fingerprint density at radius 3 is 2.71 bits per heavy atom. The van der Waals surface area contributed by atoms with E-state index in [1.54, 1.807) is 31.4 Å². The maximum absolute atomic E-state index is 12.1. The SMILES string of the molecule is Cc1c(/C=C/C(=O)O)cccc1C(=O)NCCCS(C)=O. The van der Waals surface area contributed by atoms with E-state index in [4.69, 9.17) is 5.11 Å². The molecular weight excluding hydrogens is 290 g/mol. The van der Waals surface area contributed by atoms with Gasteiger partial charge in [0.15, 0.2) is 0 Å². The monoisotopic (exact) mass is 309 g/mol. The molecule has 0 fully saturated rings. The summed E-state index contributed by atoms with van der Waals surface area (Å²) >= 11 is 0. The Balaban J connectivity index is 2.74. The van der Waals surface area contributed by atoms with E-state index in [1.165, 1.54) is 6.08 Å². The molecule has 1 aromatic rings. The maximum Gasteiger partial charge on any atom is 0.328 e. The average molecular weight is 309 g/mol. The number of nitrogens with one attached hydrogen (secondary N) is 1. The highest BCUT2D eigenvalue weighted by atomic mass is 32.2. The number of hydrogen-bond acceptors (Lipinski definition) is 3. The lowest BCUT2D eigenvalue weighted by Gasteiger charge is -2.09. The Morgan fingerprint density at radius 2 is 2.10 bits per heavy atom. The molecular formula is C15H19NO4S. The Labute approximate surface area is 126 Å². The lowest BCUT2D eigenvalue weighted by molar-refractivity contribution is -0.131. The minimum absolute atomic E-state index is 0.208. The van der Waals surface area contributed by atoms with Crippen LogP contribution in [0.15, 0.2) is 24.3 Å². The van der Waals surface area contributed by atoms with Crippen molar-refractivity contribution in [1.82, 2.24) is 5.32 Å². The number of carboxylic acids is 1. The summed E-state index contributed by atoms with van der Waals surface area (Å²) < 4.78 is 10.9. The zero-order chi connectivity index (χ0) is 15.8. The second kappa shape index (κ2) is 8.36. The van der Waals surface area contributed by atoms with Crippen LogP contribution in [0.4, 0.5) is 0 Å². The van der Waals surface area contributed by atoms with E-state index in [1.807, 2.05) is 0 Å². The van der Waals surface area contributed by atoms with Crippen LogP contribution in [0.5, 0.6) is 0 Å². The zero-order valence-corrected chi connectivity index (χ0v) is 12.9. The summed E-state index contributed by atoms with van der Waals surface area (Å²) in [5, 5.41) is 11.4. The van der Waals surface area contributed by atoms with Crippen molar-refractivity contribution < 1.29 is 18.9 Å². The molecule has 2 N–H and O–H groups in total. The first-order valence-electron chi connectivity index (χ1n) is 6.50. The van der Waals surface area contributed by atoms with Gasteiger partial charge in [-0.25, -0.2) is 4.79 Å². The summed E-state index contributed by atoms with van der Waals surface area (Å²) in [5.41, 5.74) is 1.94. The Hall–Kier alpha value is -1.95. The highest BCUT2D eigenvalue weighted by Crippen LogP contribution is 2.15. The molecule has 6 heteroatoms. The molecule has 1 unspecified atom stereocenters. The predicted octanol–water partition coefficient (Wildman–Crippen LogP) is 1.59. The van der Waals surface area contributed by atoms with E-state index < -0.39 is 16.8 Å². The third-order valence-corrected chi connectivity index (χ3v) is 3.78. The minimum Gasteiger partial charge on any atom is -0.478 e. The van der Waals surface area contributed by atoms with Crippen LogP contribution in [-0.2, 0) is 15.6 Å². The number of carboxylic acid groups (broad SMARTS) is 1. The van der Waals surface area contributed by atoms with E-state index in [-0.39, 0.29) is 5.91 Å². The van der Waals surface area contributed by atoms with Crippen LogP contribution in [0.2, 0.25) is 0 Å². The summed E-state index contributed by atoms with van der Waals surface area (Å²) in [4.78, 5) is 22.6. The van der Waals surface area contributed by atoms with E-state index >= 15 is 0 Å². The molecule has 1 amide bonds. The van der Waals surface area contributed by atoms with Gasteiger partial charge < -0.3 is 10.4 Å². The normalized spacial score (nSPS) is 12.3. The molecule has 0 radical (unpaired) electrons. The molecule has 0 aliphatic heterocycles. The molecule has 1 atom stereocenters. The van der Waals surface area contributed by atoms with Crippen LogP contribution in [0.3, 0.4) is 0 Å². The molecule has 0 aromatic heterocycles. The molecule has 0 spiro atoms. The van der Waals surface area contributed by atoms with Gasteiger partial charge in [-0.1, -0.05) is 12.1 Å². The lowest BCUT2D eigenvalue weighted by Crippen LogP contribution is -2.26. The smallest absolute Gasteiger partial charge is 0.328 e. The number of hydrogen-bond donors (Lipinski definition) is 2. The predicted molar refractivity (Wildman–Crippen MR) is 83.7 cm³/mol. The first-order chi connectivity index (χ1) is 9.91. The third-order valence-electron chi connectivity index (χ3n) is 2.92. The minimum atomic E-state index is -1.03. The van der Waals surface area contributed by atoms with Gasteiger partial charge in [-0.05, 0) is 36.6 Å². The van der Waals surface area contributed by atoms with Gasteiger partial charge in [0, 0.05) is 41.0 Å². The summed E-state index contributed by atoms with van der Waals surface area (Å²) in [5.74, 6) is -0.683. The molecule has 0 aliphatic carbocycles. The van der Waals surface area contributed by atoms with Crippen molar-refractivity contribution in [3.8, 4) is 0 Å². The second-order valence-electron chi connectivity index (χ2n) is 4.58. The first kappa shape index (κ1) is 17.1. The average Bonchev–Trinajstić information content (AvgIpc) is 2.42. The van der Waals surface area contributed by atoms with Gasteiger partial charge in [-0.2, -0.15) is 0 Å². The van der Waals surface area contributed by atoms with Gasteiger partial charge >= 0.3 is 5.97 Å². The molecule has 0 saturated heterocycles. The largest absolute Gasteiger partial charge is 0.478 e. The van der Waals surface area contributed by atoms with Crippen molar-refractivity contribution in [3.05, 3.63) is 41.0 Å². The van der Waals surface area contributed by atoms with Gasteiger partial charge in [0.1, 0.15) is 0 Å². The number of carbonyl (C=O) groups excluding carboxylic acids is 1. The molecule has 21 heavy (non-hydrogen) atoms. The Kier molecular flexibility index (Phi) is 6.81. The molecule has 114 valence electrons. The van der Waals surface area contributed by atoms with Crippen molar-refractivity contribution in [2.24, 2.45) is 0 Å². The summed E-state index contributed by atoms with van der Waals surface area (Å²) in [7, 11) is -0.856. The highest BCUT2D eigenvalue weighted by molar-refractivity contribution is 7.84. The fourth-order valence-electron chi connectivity index (χ4n) is 1.81. The van der Waals surface area contributed by atoms with Gasteiger partial charge in [-0.3, -0.25) is 9.00 Å². The van der Waals surface area contributed by atoms with Crippen LogP contribution >= 0.6 is 0 Å². The number of rotatable bonds is 7. The topological polar surface area (TPSA) is 83.5 Å². The zero-order valence-electron chi connectivity index (χ0n) is 12.1. The molecule has 0 heterocycles. The van der Waals surface area contributed by atoms with E-state index in [9.17, 15) is 13.8 Å². The number of aliphatic carboxylic acids is 1. The van der Waals surface area contributed by atoms with E-state index in [0.29, 0.717) is 29.8 Å². The number of amides is 1. The van der Waals surface area contributed by atoms with E-state index in [2.05, 4.69) is 5.32 Å². The maximum atomic E-state index is 12.1. The van der Waals surface area contributed by atoms with Gasteiger partial charge in [0.05, 0.1) is 0 Å². The van der Waals surface area contributed by atoms with Gasteiger partial charge in [0.25, 0.3) is 5.91 Å². The molecule has 0 bridgehead atoms. The lowest BCUT2D eigenvalue weighted by atomic mass is 10.0. The van der Waals surface area contributed by atoms with Crippen LogP contribution in [0.1, 0.15) is 27.9 Å². The molecule has 0 aliphatic rings. The van der Waals surface area contributed by atoms with Crippen molar-refractivity contribution in [2.75, 3.05) is 18.6 Å². The fraction of sp³-hybridized carbons (Fsp3) is 0.333. The summed E-state index contributed by atoms with van der Waals surface area (Å²) in [6, 6.07) is 5.16. The molecule has 1 aromatic carbocycles. The first-order valence-corrected chi connectivity index (χ1v) is 8.23. The van der Waals surface area contributed by atoms with Crippen molar-refractivity contribution in [3.63, 3.8) is 0 Å². The highest BCUT2D eigenvalue weighted by Gasteiger charge is 2.10. The standard InChI is InChI=1S/C15H19NO4S/c1-11-12(7-8-14(17)18)5-3-6-13(11)15(19)16-9-4-10-21(2)20/h3,5-8H,4,9-10H2,1-2H3,(H,16,19)(H,17,18)/b8-7+. The van der Waals surface area contributed by atoms with Crippen molar-refractivity contribution >= 4 is 28.8 Å². The number of carbonyl (C=O) groups is 2. The summed E-state index contributed by atoms with van der Waals surface area (Å²) in [6.45, 7) is 2.24. The second-order valence-corrected chi connectivity index (χ2v) is 6.13. The van der Waals surface area contributed by atoms with Crippen LogP contribution < -0.4 is 5.32 Å². The Morgan fingerprint density at radius 1 is 1.38 bits per heavy atom. The van der Waals surface area contributed by atoms with Gasteiger partial charge in [-0.15, -0.1) is 0 Å². The fourth-order valence-corrected chi connectivity index (χ4v) is 2.36. The molecule has 0 saturated carbocycles. The summed E-state index contributed by atoms with van der Waals surface area (Å²) in [6.07, 6.45) is 4.80. The third kappa shape index (κ3) is 5.91. The quantitative estimate of drug-likeness (QED) is 0.592.